The molecule has 0 aromatic carbocycles. The number of Topliss-reactive ketones (excluding diaryl/α,β-unsaturated/α-hetero) is 1. The van der Waals surface area contributed by atoms with Crippen molar-refractivity contribution < 1.29 is 9.59 Å². The van der Waals surface area contributed by atoms with Crippen LogP contribution in [0.15, 0.2) is 23.3 Å². The van der Waals surface area contributed by atoms with E-state index < -0.39 is 0 Å². The molecule has 0 heterocycles. The third-order valence-electron chi connectivity index (χ3n) is 7.96. The summed E-state index contributed by atoms with van der Waals surface area (Å²) < 4.78 is 0. The summed E-state index contributed by atoms with van der Waals surface area (Å²) in [6.07, 6.45) is 11.1. The van der Waals surface area contributed by atoms with Gasteiger partial charge in [-0.1, -0.05) is 25.5 Å². The molecule has 3 fully saturated rings. The van der Waals surface area contributed by atoms with Gasteiger partial charge in [0.05, 0.1) is 0 Å². The van der Waals surface area contributed by atoms with Crippen molar-refractivity contribution in [3.8, 4) is 0 Å². The molecule has 3 saturated carbocycles. The van der Waals surface area contributed by atoms with Crippen LogP contribution in [0.1, 0.15) is 65.7 Å². The second-order valence-corrected chi connectivity index (χ2v) is 8.75. The molecule has 4 aliphatic carbocycles. The lowest BCUT2D eigenvalue weighted by Gasteiger charge is -2.57. The number of carbonyl (C=O) groups is 2. The first-order valence-corrected chi connectivity index (χ1v) is 9.34. The monoisotopic (exact) mass is 312 g/mol. The molecule has 124 valence electrons. The topological polar surface area (TPSA) is 34.1 Å². The number of carbonyl (C=O) groups excluding carboxylic acids is 2. The van der Waals surface area contributed by atoms with Crippen LogP contribution >= 0.6 is 0 Å². The maximum absolute atomic E-state index is 12.5. The van der Waals surface area contributed by atoms with Crippen LogP contribution in [0.3, 0.4) is 0 Å². The van der Waals surface area contributed by atoms with Crippen LogP contribution in [0.25, 0.3) is 0 Å². The fourth-order valence-corrected chi connectivity index (χ4v) is 6.71. The van der Waals surface area contributed by atoms with Crippen molar-refractivity contribution >= 4 is 11.6 Å². The van der Waals surface area contributed by atoms with Crippen LogP contribution in [0.5, 0.6) is 0 Å². The summed E-state index contributed by atoms with van der Waals surface area (Å²) in [6.45, 7) is 6.77. The molecule has 2 nitrogen and oxygen atoms in total. The third-order valence-corrected chi connectivity index (χ3v) is 7.96. The van der Waals surface area contributed by atoms with E-state index in [1.165, 1.54) is 18.4 Å². The molecule has 4 rings (SSSR count). The van der Waals surface area contributed by atoms with Crippen LogP contribution in [0.2, 0.25) is 0 Å². The Balaban J connectivity index is 1.72. The first kappa shape index (κ1) is 15.4. The maximum Gasteiger partial charge on any atom is 0.159 e. The third kappa shape index (κ3) is 1.93. The molecule has 5 atom stereocenters. The van der Waals surface area contributed by atoms with Crippen molar-refractivity contribution in [2.45, 2.75) is 65.7 Å². The van der Waals surface area contributed by atoms with Crippen molar-refractivity contribution in [1.29, 1.82) is 0 Å². The lowest BCUT2D eigenvalue weighted by molar-refractivity contribution is -0.117. The Morgan fingerprint density at radius 1 is 1.04 bits per heavy atom. The van der Waals surface area contributed by atoms with E-state index in [4.69, 9.17) is 0 Å². The standard InChI is InChI=1S/C21H28O2/c1-4-16-19(23)12-18-15-6-5-13-11-14(22)7-9-20(13,2)17(15)8-10-21(16,18)3/h4,11,15,17-18H,5-10,12H2,1-3H3/b16-4+/t15-,17+,18-,20+,21-/m0/s1. The molecule has 0 radical (unpaired) electrons. The Kier molecular flexibility index (Phi) is 3.28. The van der Waals surface area contributed by atoms with Gasteiger partial charge < -0.3 is 0 Å². The minimum Gasteiger partial charge on any atom is -0.295 e. The SMILES string of the molecule is C/C=C1\C(=O)C[C@H]2[C@H]3CCC4=CC(=O)CC[C@@]4(C)[C@@H]3CC[C@@]12C. The Morgan fingerprint density at radius 3 is 2.57 bits per heavy atom. The highest BCUT2D eigenvalue weighted by atomic mass is 16.1. The van der Waals surface area contributed by atoms with E-state index in [-0.39, 0.29) is 10.8 Å². The van der Waals surface area contributed by atoms with Crippen molar-refractivity contribution in [2.75, 3.05) is 0 Å². The summed E-state index contributed by atoms with van der Waals surface area (Å²) in [5, 5.41) is 0. The minimum atomic E-state index is 0.106. The summed E-state index contributed by atoms with van der Waals surface area (Å²) in [5.41, 5.74) is 2.83. The molecule has 0 saturated heterocycles. The van der Waals surface area contributed by atoms with Crippen LogP contribution in [0, 0.1) is 28.6 Å². The minimum absolute atomic E-state index is 0.106. The lowest BCUT2D eigenvalue weighted by Crippen LogP contribution is -2.49. The second-order valence-electron chi connectivity index (χ2n) is 8.75. The number of hydrogen-bond acceptors (Lipinski definition) is 2. The fourth-order valence-electron chi connectivity index (χ4n) is 6.71. The Morgan fingerprint density at radius 2 is 1.83 bits per heavy atom. The number of ketones is 2. The highest BCUT2D eigenvalue weighted by molar-refractivity contribution is 5.99. The van der Waals surface area contributed by atoms with Gasteiger partial charge in [-0.2, -0.15) is 0 Å². The van der Waals surface area contributed by atoms with E-state index in [0.717, 1.165) is 31.3 Å². The molecular weight excluding hydrogens is 284 g/mol. The van der Waals surface area contributed by atoms with Crippen LogP contribution in [0.4, 0.5) is 0 Å². The van der Waals surface area contributed by atoms with Gasteiger partial charge in [0, 0.05) is 12.8 Å². The molecule has 0 spiro atoms. The van der Waals surface area contributed by atoms with E-state index >= 15 is 0 Å². The van der Waals surface area contributed by atoms with Crippen molar-refractivity contribution in [1.82, 2.24) is 0 Å². The smallest absolute Gasteiger partial charge is 0.159 e. The largest absolute Gasteiger partial charge is 0.295 e. The van der Waals surface area contributed by atoms with Crippen LogP contribution in [-0.2, 0) is 9.59 Å². The van der Waals surface area contributed by atoms with Crippen molar-refractivity contribution in [2.24, 2.45) is 28.6 Å². The van der Waals surface area contributed by atoms with E-state index in [9.17, 15) is 9.59 Å². The molecule has 0 aromatic heterocycles. The predicted octanol–water partition coefficient (Wildman–Crippen LogP) is 4.64. The van der Waals surface area contributed by atoms with Gasteiger partial charge >= 0.3 is 0 Å². The van der Waals surface area contributed by atoms with Gasteiger partial charge in [0.2, 0.25) is 0 Å². The van der Waals surface area contributed by atoms with Gasteiger partial charge in [-0.15, -0.1) is 0 Å². The lowest BCUT2D eigenvalue weighted by atomic mass is 9.47. The van der Waals surface area contributed by atoms with Gasteiger partial charge in [0.15, 0.2) is 11.6 Å². The molecule has 0 amide bonds. The quantitative estimate of drug-likeness (QED) is 0.610. The Labute approximate surface area is 139 Å². The number of hydrogen-bond donors (Lipinski definition) is 0. The normalized spacial score (nSPS) is 47.9. The van der Waals surface area contributed by atoms with E-state index in [1.54, 1.807) is 0 Å². The summed E-state index contributed by atoms with van der Waals surface area (Å²) in [6, 6.07) is 0. The predicted molar refractivity (Wildman–Crippen MR) is 90.9 cm³/mol. The highest BCUT2D eigenvalue weighted by Gasteiger charge is 2.59. The van der Waals surface area contributed by atoms with Crippen LogP contribution in [-0.4, -0.2) is 11.6 Å². The van der Waals surface area contributed by atoms with Gasteiger partial charge in [-0.05, 0) is 79.3 Å². The molecule has 0 unspecified atom stereocenters. The molecule has 4 aliphatic rings. The fraction of sp³-hybridized carbons (Fsp3) is 0.714. The molecule has 2 heteroatoms. The summed E-state index contributed by atoms with van der Waals surface area (Å²) >= 11 is 0. The van der Waals surface area contributed by atoms with Crippen molar-refractivity contribution in [3.63, 3.8) is 0 Å². The zero-order valence-corrected chi connectivity index (χ0v) is 14.7. The molecular formula is C21H28O2. The zero-order chi connectivity index (χ0) is 16.4. The first-order chi connectivity index (χ1) is 10.9. The first-order valence-electron chi connectivity index (χ1n) is 9.34. The Hall–Kier alpha value is -1.18. The summed E-state index contributed by atoms with van der Waals surface area (Å²) in [4.78, 5) is 24.4. The molecule has 0 aromatic rings. The van der Waals surface area contributed by atoms with Gasteiger partial charge in [-0.25, -0.2) is 0 Å². The van der Waals surface area contributed by atoms with Crippen molar-refractivity contribution in [3.05, 3.63) is 23.3 Å². The maximum atomic E-state index is 12.5. The summed E-state index contributed by atoms with van der Waals surface area (Å²) in [7, 11) is 0. The highest BCUT2D eigenvalue weighted by Crippen LogP contribution is 2.65. The molecule has 23 heavy (non-hydrogen) atoms. The number of fused-ring (bicyclic) bond motifs is 5. The van der Waals surface area contributed by atoms with E-state index in [1.807, 2.05) is 13.0 Å². The molecule has 0 bridgehead atoms. The van der Waals surface area contributed by atoms with E-state index in [0.29, 0.717) is 35.7 Å². The summed E-state index contributed by atoms with van der Waals surface area (Å²) in [5.74, 6) is 2.56. The second kappa shape index (κ2) is 4.91. The average Bonchev–Trinajstić information content (AvgIpc) is 2.77. The van der Waals surface area contributed by atoms with Crippen LogP contribution < -0.4 is 0 Å². The average molecular weight is 312 g/mol. The van der Waals surface area contributed by atoms with Gasteiger partial charge in [-0.3, -0.25) is 9.59 Å². The van der Waals surface area contributed by atoms with E-state index in [2.05, 4.69) is 19.9 Å². The van der Waals surface area contributed by atoms with Gasteiger partial charge in [0.25, 0.3) is 0 Å². The number of rotatable bonds is 0. The zero-order valence-electron chi connectivity index (χ0n) is 14.7. The van der Waals surface area contributed by atoms with Gasteiger partial charge in [0.1, 0.15) is 0 Å². The molecule has 0 N–H and O–H groups in total. The Bertz CT molecular complexity index is 640. The number of allylic oxidation sites excluding steroid dienone is 3. The molecule has 0 aliphatic heterocycles.